The van der Waals surface area contributed by atoms with E-state index in [1.165, 1.54) is 32.1 Å². The predicted octanol–water partition coefficient (Wildman–Crippen LogP) is 3.17. The van der Waals surface area contributed by atoms with Crippen LogP contribution in [0.2, 0.25) is 0 Å². The molecule has 0 saturated heterocycles. The molecular formula is C16H21N3O2. The van der Waals surface area contributed by atoms with Gasteiger partial charge in [0.1, 0.15) is 5.75 Å². The van der Waals surface area contributed by atoms with E-state index >= 15 is 0 Å². The Kier molecular flexibility index (Phi) is 4.50. The van der Waals surface area contributed by atoms with Gasteiger partial charge < -0.3 is 14.5 Å². The minimum Gasteiger partial charge on any atom is -0.497 e. The topological polar surface area (TPSA) is 60.2 Å². The Morgan fingerprint density at radius 2 is 1.90 bits per heavy atom. The molecule has 112 valence electrons. The van der Waals surface area contributed by atoms with Crippen LogP contribution in [0.1, 0.15) is 38.0 Å². The van der Waals surface area contributed by atoms with E-state index < -0.39 is 0 Å². The van der Waals surface area contributed by atoms with Crippen LogP contribution in [-0.2, 0) is 6.54 Å². The summed E-state index contributed by atoms with van der Waals surface area (Å²) >= 11 is 0. The average molecular weight is 287 g/mol. The largest absolute Gasteiger partial charge is 0.497 e. The molecule has 1 aliphatic carbocycles. The molecule has 5 heteroatoms. The summed E-state index contributed by atoms with van der Waals surface area (Å²) < 4.78 is 10.8. The van der Waals surface area contributed by atoms with Gasteiger partial charge in [-0.25, -0.2) is 0 Å². The number of rotatable bonds is 5. The molecule has 21 heavy (non-hydrogen) atoms. The van der Waals surface area contributed by atoms with Crippen molar-refractivity contribution in [2.24, 2.45) is 0 Å². The lowest BCUT2D eigenvalue weighted by Gasteiger charge is -2.21. The van der Waals surface area contributed by atoms with E-state index in [-0.39, 0.29) is 0 Å². The van der Waals surface area contributed by atoms with Gasteiger partial charge in [-0.05, 0) is 37.1 Å². The van der Waals surface area contributed by atoms with Crippen LogP contribution in [0.15, 0.2) is 28.7 Å². The predicted molar refractivity (Wildman–Crippen MR) is 80.0 cm³/mol. The van der Waals surface area contributed by atoms with Crippen LogP contribution in [-0.4, -0.2) is 23.3 Å². The highest BCUT2D eigenvalue weighted by atomic mass is 16.5. The highest BCUT2D eigenvalue weighted by Crippen LogP contribution is 2.21. The number of aromatic nitrogens is 2. The minimum absolute atomic E-state index is 0.554. The lowest BCUT2D eigenvalue weighted by atomic mass is 9.95. The van der Waals surface area contributed by atoms with E-state index in [0.29, 0.717) is 24.4 Å². The third-order valence-corrected chi connectivity index (χ3v) is 3.95. The maximum atomic E-state index is 5.71. The number of nitrogens with one attached hydrogen (secondary N) is 1. The molecule has 1 N–H and O–H groups in total. The van der Waals surface area contributed by atoms with Crippen LogP contribution >= 0.6 is 0 Å². The van der Waals surface area contributed by atoms with Crippen molar-refractivity contribution in [3.05, 3.63) is 30.2 Å². The van der Waals surface area contributed by atoms with Crippen LogP contribution in [0.4, 0.5) is 0 Å². The van der Waals surface area contributed by atoms with Crippen molar-refractivity contribution in [2.75, 3.05) is 7.11 Å². The van der Waals surface area contributed by atoms with E-state index in [0.717, 1.165) is 11.3 Å². The monoisotopic (exact) mass is 287 g/mol. The Bertz CT molecular complexity index is 559. The molecule has 1 aromatic heterocycles. The molecule has 1 aromatic carbocycles. The molecule has 0 radical (unpaired) electrons. The first-order valence-electron chi connectivity index (χ1n) is 7.55. The zero-order valence-corrected chi connectivity index (χ0v) is 12.3. The van der Waals surface area contributed by atoms with Crippen molar-refractivity contribution in [1.29, 1.82) is 0 Å². The average Bonchev–Trinajstić information content (AvgIpc) is 3.03. The van der Waals surface area contributed by atoms with Crippen LogP contribution in [0.5, 0.6) is 5.75 Å². The van der Waals surface area contributed by atoms with Gasteiger partial charge in [0, 0.05) is 11.6 Å². The van der Waals surface area contributed by atoms with E-state index in [2.05, 4.69) is 15.5 Å². The van der Waals surface area contributed by atoms with E-state index in [9.17, 15) is 0 Å². The van der Waals surface area contributed by atoms with Gasteiger partial charge in [-0.1, -0.05) is 19.3 Å². The van der Waals surface area contributed by atoms with Crippen molar-refractivity contribution in [3.63, 3.8) is 0 Å². The molecule has 3 rings (SSSR count). The van der Waals surface area contributed by atoms with Gasteiger partial charge in [0.2, 0.25) is 11.8 Å². The van der Waals surface area contributed by atoms with Crippen LogP contribution < -0.4 is 10.1 Å². The second kappa shape index (κ2) is 6.72. The lowest BCUT2D eigenvalue weighted by Crippen LogP contribution is -2.30. The summed E-state index contributed by atoms with van der Waals surface area (Å²) in [4.78, 5) is 0. The summed E-state index contributed by atoms with van der Waals surface area (Å²) in [7, 11) is 1.65. The Hall–Kier alpha value is -1.88. The van der Waals surface area contributed by atoms with Gasteiger partial charge in [-0.3, -0.25) is 0 Å². The summed E-state index contributed by atoms with van der Waals surface area (Å²) in [5, 5.41) is 11.7. The highest BCUT2D eigenvalue weighted by molar-refractivity contribution is 5.53. The fraction of sp³-hybridized carbons (Fsp3) is 0.500. The van der Waals surface area contributed by atoms with Crippen LogP contribution in [0, 0.1) is 0 Å². The van der Waals surface area contributed by atoms with Crippen LogP contribution in [0.3, 0.4) is 0 Å². The number of hydrogen-bond donors (Lipinski definition) is 1. The summed E-state index contributed by atoms with van der Waals surface area (Å²) in [6, 6.07) is 8.21. The molecule has 0 amide bonds. The fourth-order valence-corrected chi connectivity index (χ4v) is 2.71. The van der Waals surface area contributed by atoms with Crippen molar-refractivity contribution < 1.29 is 9.15 Å². The standard InChI is InChI=1S/C16H21N3O2/c1-20-14-9-7-12(8-10-14)16-19-18-15(21-16)11-17-13-5-3-2-4-6-13/h7-10,13,17H,2-6,11H2,1H3. The molecule has 1 heterocycles. The molecule has 0 atom stereocenters. The number of ether oxygens (including phenoxy) is 1. The Morgan fingerprint density at radius 1 is 1.14 bits per heavy atom. The first-order chi connectivity index (χ1) is 10.3. The van der Waals surface area contributed by atoms with Gasteiger partial charge in [-0.2, -0.15) is 0 Å². The lowest BCUT2D eigenvalue weighted by molar-refractivity contribution is 0.354. The van der Waals surface area contributed by atoms with Gasteiger partial charge in [-0.15, -0.1) is 10.2 Å². The highest BCUT2D eigenvalue weighted by Gasteiger charge is 2.14. The quantitative estimate of drug-likeness (QED) is 0.915. The first kappa shape index (κ1) is 14.1. The van der Waals surface area contributed by atoms with Crippen molar-refractivity contribution in [3.8, 4) is 17.2 Å². The zero-order chi connectivity index (χ0) is 14.5. The summed E-state index contributed by atoms with van der Waals surface area (Å²) in [6.45, 7) is 0.647. The maximum Gasteiger partial charge on any atom is 0.247 e. The number of hydrogen-bond acceptors (Lipinski definition) is 5. The van der Waals surface area contributed by atoms with E-state index in [4.69, 9.17) is 9.15 Å². The van der Waals surface area contributed by atoms with Gasteiger partial charge in [0.05, 0.1) is 13.7 Å². The molecule has 2 aromatic rings. The first-order valence-corrected chi connectivity index (χ1v) is 7.55. The normalized spacial score (nSPS) is 16.0. The molecule has 1 fully saturated rings. The van der Waals surface area contributed by atoms with E-state index in [1.54, 1.807) is 7.11 Å². The molecule has 0 aliphatic heterocycles. The van der Waals surface area contributed by atoms with Gasteiger partial charge >= 0.3 is 0 Å². The molecule has 0 spiro atoms. The number of methoxy groups -OCH3 is 1. The maximum absolute atomic E-state index is 5.71. The molecule has 5 nitrogen and oxygen atoms in total. The number of nitrogens with zero attached hydrogens (tertiary/aromatic N) is 2. The summed E-state index contributed by atoms with van der Waals surface area (Å²) in [5.41, 5.74) is 0.909. The second-order valence-corrected chi connectivity index (χ2v) is 5.45. The van der Waals surface area contributed by atoms with Gasteiger partial charge in [0.25, 0.3) is 0 Å². The smallest absolute Gasteiger partial charge is 0.247 e. The Balaban J connectivity index is 1.59. The fourth-order valence-electron chi connectivity index (χ4n) is 2.71. The third-order valence-electron chi connectivity index (χ3n) is 3.95. The number of benzene rings is 1. The van der Waals surface area contributed by atoms with E-state index in [1.807, 2.05) is 24.3 Å². The van der Waals surface area contributed by atoms with Crippen molar-refractivity contribution in [2.45, 2.75) is 44.7 Å². The minimum atomic E-state index is 0.554. The molecule has 0 bridgehead atoms. The summed E-state index contributed by atoms with van der Waals surface area (Å²) in [6.07, 6.45) is 6.50. The third kappa shape index (κ3) is 3.61. The second-order valence-electron chi connectivity index (χ2n) is 5.45. The molecule has 1 saturated carbocycles. The Labute approximate surface area is 124 Å². The molecular weight excluding hydrogens is 266 g/mol. The van der Waals surface area contributed by atoms with Crippen molar-refractivity contribution in [1.82, 2.24) is 15.5 Å². The van der Waals surface area contributed by atoms with Gasteiger partial charge in [0.15, 0.2) is 0 Å². The SMILES string of the molecule is COc1ccc(-c2nnc(CNC3CCCCC3)o2)cc1. The Morgan fingerprint density at radius 3 is 2.62 bits per heavy atom. The van der Waals surface area contributed by atoms with Crippen molar-refractivity contribution >= 4 is 0 Å². The zero-order valence-electron chi connectivity index (χ0n) is 12.3. The molecule has 1 aliphatic rings. The molecule has 0 unspecified atom stereocenters. The summed E-state index contributed by atoms with van der Waals surface area (Å²) in [5.74, 6) is 2.02. The van der Waals surface area contributed by atoms with Crippen LogP contribution in [0.25, 0.3) is 11.5 Å².